The molecule has 0 spiro atoms. The molecule has 0 aliphatic rings. The van der Waals surface area contributed by atoms with Gasteiger partial charge in [-0.15, -0.1) is 0 Å². The Hall–Kier alpha value is -3.49. The molecule has 8 heteroatoms. The highest BCUT2D eigenvalue weighted by atomic mass is 32.2. The Morgan fingerprint density at radius 2 is 1.74 bits per heavy atom. The zero-order valence-corrected chi connectivity index (χ0v) is 17.7. The van der Waals surface area contributed by atoms with Gasteiger partial charge in [-0.05, 0) is 29.7 Å². The molecule has 31 heavy (non-hydrogen) atoms. The number of fused-ring (bicyclic) bond motifs is 3. The zero-order valence-electron chi connectivity index (χ0n) is 16.1. The van der Waals surface area contributed by atoms with Gasteiger partial charge >= 0.3 is 0 Å². The Kier molecular flexibility index (Phi) is 4.80. The molecule has 5 aromatic rings. The molecule has 1 N–H and O–H groups in total. The summed E-state index contributed by atoms with van der Waals surface area (Å²) in [4.78, 5) is 17.6. The van der Waals surface area contributed by atoms with Gasteiger partial charge in [0.2, 0.25) is 0 Å². The highest BCUT2D eigenvalue weighted by Crippen LogP contribution is 2.32. The van der Waals surface area contributed by atoms with Crippen LogP contribution >= 0.6 is 11.3 Å². The second-order valence-corrected chi connectivity index (χ2v) is 9.97. The van der Waals surface area contributed by atoms with Crippen molar-refractivity contribution >= 4 is 53.2 Å². The fraction of sp³-hybridized carbons (Fsp3) is 0.0435. The molecule has 0 saturated heterocycles. The van der Waals surface area contributed by atoms with Gasteiger partial charge in [0.15, 0.2) is 20.7 Å². The van der Waals surface area contributed by atoms with E-state index in [1.165, 1.54) is 35.8 Å². The lowest BCUT2D eigenvalue weighted by Crippen LogP contribution is -2.14. The van der Waals surface area contributed by atoms with Crippen LogP contribution in [0.4, 0.5) is 5.13 Å². The summed E-state index contributed by atoms with van der Waals surface area (Å²) < 4.78 is 31.7. The number of amides is 1. The standard InChI is InChI=1S/C23H16N2O4S2/c26-22(21-16(12-13-29-21)14-31(27,28)17-7-2-1-3-8-17)25-23-24-20-18-9-5-4-6-15(18)10-11-19(20)30-23/h1-13H,14H2,(H,24,25,26). The molecule has 3 aromatic carbocycles. The van der Waals surface area contributed by atoms with E-state index in [2.05, 4.69) is 10.3 Å². The number of carbonyl (C=O) groups excluding carboxylic acids is 1. The van der Waals surface area contributed by atoms with Crippen molar-refractivity contribution < 1.29 is 17.6 Å². The molecule has 2 aromatic heterocycles. The van der Waals surface area contributed by atoms with Crippen molar-refractivity contribution in [3.8, 4) is 0 Å². The number of carbonyl (C=O) groups is 1. The third-order valence-electron chi connectivity index (χ3n) is 4.90. The number of nitrogens with zero attached hydrogens (tertiary/aromatic N) is 1. The molecule has 5 rings (SSSR count). The number of rotatable bonds is 5. The van der Waals surface area contributed by atoms with Gasteiger partial charge in [-0.3, -0.25) is 10.1 Å². The maximum atomic E-state index is 12.8. The topological polar surface area (TPSA) is 89.3 Å². The number of aromatic nitrogens is 1. The molecule has 0 aliphatic heterocycles. The van der Waals surface area contributed by atoms with E-state index in [0.29, 0.717) is 10.7 Å². The van der Waals surface area contributed by atoms with Crippen LogP contribution in [0.2, 0.25) is 0 Å². The van der Waals surface area contributed by atoms with Crippen LogP contribution < -0.4 is 5.32 Å². The summed E-state index contributed by atoms with van der Waals surface area (Å²) in [5.74, 6) is -0.906. The van der Waals surface area contributed by atoms with Crippen molar-refractivity contribution in [3.63, 3.8) is 0 Å². The van der Waals surface area contributed by atoms with Crippen molar-refractivity contribution in [2.75, 3.05) is 5.32 Å². The molecule has 6 nitrogen and oxygen atoms in total. The van der Waals surface area contributed by atoms with E-state index in [1.807, 2.05) is 36.4 Å². The van der Waals surface area contributed by atoms with Crippen LogP contribution in [0.5, 0.6) is 0 Å². The lowest BCUT2D eigenvalue weighted by molar-refractivity contribution is 0.0996. The SMILES string of the molecule is O=C(Nc1nc2c(ccc3ccccc32)s1)c1occc1CS(=O)(=O)c1ccccc1. The predicted octanol–water partition coefficient (Wildman–Crippen LogP) is 5.27. The van der Waals surface area contributed by atoms with Crippen molar-refractivity contribution in [2.24, 2.45) is 0 Å². The summed E-state index contributed by atoms with van der Waals surface area (Å²) in [6.45, 7) is 0. The van der Waals surface area contributed by atoms with Crippen LogP contribution in [0.25, 0.3) is 21.0 Å². The monoisotopic (exact) mass is 448 g/mol. The van der Waals surface area contributed by atoms with Crippen LogP contribution in [0, 0.1) is 0 Å². The Morgan fingerprint density at radius 1 is 0.968 bits per heavy atom. The van der Waals surface area contributed by atoms with Gasteiger partial charge in [-0.2, -0.15) is 0 Å². The minimum Gasteiger partial charge on any atom is -0.459 e. The van der Waals surface area contributed by atoms with Gasteiger partial charge in [0.1, 0.15) is 0 Å². The Morgan fingerprint density at radius 3 is 2.58 bits per heavy atom. The third-order valence-corrected chi connectivity index (χ3v) is 7.52. The van der Waals surface area contributed by atoms with Crippen molar-refractivity contribution in [3.05, 3.63) is 90.4 Å². The first-order valence-corrected chi connectivity index (χ1v) is 11.9. The minimum atomic E-state index is -3.61. The summed E-state index contributed by atoms with van der Waals surface area (Å²) in [5.41, 5.74) is 1.11. The number of benzene rings is 3. The summed E-state index contributed by atoms with van der Waals surface area (Å²) in [5, 5.41) is 5.24. The van der Waals surface area contributed by atoms with E-state index < -0.39 is 15.7 Å². The first-order valence-electron chi connectivity index (χ1n) is 9.45. The molecule has 0 saturated carbocycles. The van der Waals surface area contributed by atoms with E-state index >= 15 is 0 Å². The van der Waals surface area contributed by atoms with Crippen molar-refractivity contribution in [1.29, 1.82) is 0 Å². The average molecular weight is 449 g/mol. The first kappa shape index (κ1) is 19.5. The fourth-order valence-electron chi connectivity index (χ4n) is 3.43. The molecule has 2 heterocycles. The first-order chi connectivity index (χ1) is 15.0. The summed E-state index contributed by atoms with van der Waals surface area (Å²) in [6, 6.07) is 21.5. The number of hydrogen-bond donors (Lipinski definition) is 1. The lowest BCUT2D eigenvalue weighted by atomic mass is 10.1. The molecule has 0 unspecified atom stereocenters. The van der Waals surface area contributed by atoms with Crippen LogP contribution in [0.15, 0.2) is 88.4 Å². The van der Waals surface area contributed by atoms with Crippen LogP contribution in [0.3, 0.4) is 0 Å². The van der Waals surface area contributed by atoms with Gasteiger partial charge in [0.05, 0.1) is 27.1 Å². The lowest BCUT2D eigenvalue weighted by Gasteiger charge is -2.05. The number of nitrogens with one attached hydrogen (secondary N) is 1. The fourth-order valence-corrected chi connectivity index (χ4v) is 5.69. The number of furan rings is 1. The molecule has 0 radical (unpaired) electrons. The molecule has 1 amide bonds. The second kappa shape index (κ2) is 7.64. The average Bonchev–Trinajstić information content (AvgIpc) is 3.40. The predicted molar refractivity (Wildman–Crippen MR) is 121 cm³/mol. The Balaban J connectivity index is 1.42. The van der Waals surface area contributed by atoms with Crippen molar-refractivity contribution in [2.45, 2.75) is 10.6 Å². The second-order valence-electron chi connectivity index (χ2n) is 6.95. The minimum absolute atomic E-state index is 0.0383. The smallest absolute Gasteiger partial charge is 0.293 e. The number of hydrogen-bond acceptors (Lipinski definition) is 6. The highest BCUT2D eigenvalue weighted by molar-refractivity contribution is 7.90. The molecule has 0 atom stereocenters. The van der Waals surface area contributed by atoms with Gasteiger partial charge in [-0.25, -0.2) is 13.4 Å². The maximum Gasteiger partial charge on any atom is 0.293 e. The van der Waals surface area contributed by atoms with E-state index in [0.717, 1.165) is 21.0 Å². The quantitative estimate of drug-likeness (QED) is 0.396. The molecule has 0 aliphatic carbocycles. The molecule has 0 bridgehead atoms. The van der Waals surface area contributed by atoms with E-state index in [-0.39, 0.29) is 16.4 Å². The van der Waals surface area contributed by atoms with Gasteiger partial charge in [0.25, 0.3) is 5.91 Å². The van der Waals surface area contributed by atoms with E-state index in [9.17, 15) is 13.2 Å². The zero-order chi connectivity index (χ0) is 21.4. The van der Waals surface area contributed by atoms with E-state index in [1.54, 1.807) is 18.2 Å². The van der Waals surface area contributed by atoms with Gasteiger partial charge < -0.3 is 4.42 Å². The van der Waals surface area contributed by atoms with Crippen LogP contribution in [-0.4, -0.2) is 19.3 Å². The summed E-state index contributed by atoms with van der Waals surface area (Å²) in [7, 11) is -3.61. The molecular formula is C23H16N2O4S2. The van der Waals surface area contributed by atoms with Crippen LogP contribution in [-0.2, 0) is 15.6 Å². The Bertz CT molecular complexity index is 1520. The summed E-state index contributed by atoms with van der Waals surface area (Å²) >= 11 is 1.35. The number of anilines is 1. The molecule has 0 fully saturated rings. The van der Waals surface area contributed by atoms with Gasteiger partial charge in [-0.1, -0.05) is 59.9 Å². The molecule has 154 valence electrons. The highest BCUT2D eigenvalue weighted by Gasteiger charge is 2.23. The number of thiazole rings is 1. The maximum absolute atomic E-state index is 12.8. The van der Waals surface area contributed by atoms with Crippen molar-refractivity contribution in [1.82, 2.24) is 4.98 Å². The van der Waals surface area contributed by atoms with E-state index in [4.69, 9.17) is 4.42 Å². The van der Waals surface area contributed by atoms with Crippen LogP contribution in [0.1, 0.15) is 16.1 Å². The number of sulfone groups is 1. The largest absolute Gasteiger partial charge is 0.459 e. The normalized spacial score (nSPS) is 11.7. The van der Waals surface area contributed by atoms with Gasteiger partial charge in [0, 0.05) is 10.9 Å². The summed E-state index contributed by atoms with van der Waals surface area (Å²) in [6.07, 6.45) is 1.32. The molecular weight excluding hydrogens is 432 g/mol. The third kappa shape index (κ3) is 3.71. The Labute approximate surface area is 182 Å².